The zero-order chi connectivity index (χ0) is 18.2. The van der Waals surface area contributed by atoms with E-state index in [0.29, 0.717) is 0 Å². The van der Waals surface area contributed by atoms with Crippen LogP contribution in [0.2, 0.25) is 0 Å². The molecule has 11 heteroatoms. The van der Waals surface area contributed by atoms with E-state index in [4.69, 9.17) is 11.5 Å². The molecular formula is C14H13F4N7. The van der Waals surface area contributed by atoms with Gasteiger partial charge in [-0.1, -0.05) is 0 Å². The topological polar surface area (TPSA) is 106 Å². The Labute approximate surface area is 138 Å². The number of nitrogen functional groups attached to an aromatic ring is 2. The first kappa shape index (κ1) is 16.6. The van der Waals surface area contributed by atoms with Gasteiger partial charge in [-0.15, -0.1) is 5.10 Å². The van der Waals surface area contributed by atoms with Gasteiger partial charge in [-0.3, -0.25) is 0 Å². The lowest BCUT2D eigenvalue weighted by Crippen LogP contribution is -2.22. The molecule has 2 aromatic heterocycles. The maximum atomic E-state index is 13.4. The van der Waals surface area contributed by atoms with Crippen molar-refractivity contribution >= 4 is 34.3 Å². The van der Waals surface area contributed by atoms with E-state index in [2.05, 4.69) is 20.7 Å². The quantitative estimate of drug-likeness (QED) is 0.424. The van der Waals surface area contributed by atoms with Crippen LogP contribution in [0.1, 0.15) is 0 Å². The fourth-order valence-electron chi connectivity index (χ4n) is 2.20. The third kappa shape index (κ3) is 3.82. The second-order valence-corrected chi connectivity index (χ2v) is 5.23. The molecule has 0 atom stereocenters. The normalized spacial score (nSPS) is 11.7. The first-order valence-electron chi connectivity index (χ1n) is 6.99. The van der Waals surface area contributed by atoms with Crippen molar-refractivity contribution in [1.29, 1.82) is 0 Å². The number of imidazole rings is 1. The molecular weight excluding hydrogens is 342 g/mol. The number of nitrogens with two attached hydrogens (primary N) is 2. The molecule has 0 aliphatic rings. The number of benzene rings is 1. The lowest BCUT2D eigenvalue weighted by Gasteiger charge is -2.13. The summed E-state index contributed by atoms with van der Waals surface area (Å²) in [5.41, 5.74) is 11.9. The van der Waals surface area contributed by atoms with Gasteiger partial charge >= 0.3 is 6.18 Å². The second kappa shape index (κ2) is 6.00. The van der Waals surface area contributed by atoms with Crippen molar-refractivity contribution in [2.45, 2.75) is 6.18 Å². The molecule has 0 spiro atoms. The molecule has 3 aromatic rings. The van der Waals surface area contributed by atoms with E-state index in [9.17, 15) is 17.6 Å². The average Bonchev–Trinajstić information content (AvgIpc) is 2.85. The number of nitrogens with zero attached hydrogens (tertiary/aromatic N) is 3. The highest BCUT2D eigenvalue weighted by Crippen LogP contribution is 2.26. The van der Waals surface area contributed by atoms with Gasteiger partial charge in [-0.2, -0.15) is 17.7 Å². The minimum atomic E-state index is -4.41. The van der Waals surface area contributed by atoms with Crippen LogP contribution < -0.4 is 22.1 Å². The number of alkyl halides is 3. The molecule has 0 amide bonds. The summed E-state index contributed by atoms with van der Waals surface area (Å²) >= 11 is 0. The first-order chi connectivity index (χ1) is 11.7. The largest absolute Gasteiger partial charge is 0.405 e. The fraction of sp³-hybridized carbons (Fsp3) is 0.143. The maximum absolute atomic E-state index is 13.4. The van der Waals surface area contributed by atoms with Gasteiger partial charge < -0.3 is 22.1 Å². The molecule has 25 heavy (non-hydrogen) atoms. The van der Waals surface area contributed by atoms with E-state index in [-0.39, 0.29) is 34.3 Å². The van der Waals surface area contributed by atoms with E-state index < -0.39 is 18.5 Å². The molecule has 132 valence electrons. The number of fused-ring (bicyclic) bond motifs is 1. The maximum Gasteiger partial charge on any atom is 0.405 e. The van der Waals surface area contributed by atoms with Crippen LogP contribution in [0.5, 0.6) is 0 Å². The van der Waals surface area contributed by atoms with Gasteiger partial charge in [0.05, 0.1) is 11.9 Å². The summed E-state index contributed by atoms with van der Waals surface area (Å²) in [6, 6.07) is 5.07. The number of rotatable bonds is 4. The molecule has 0 bridgehead atoms. The van der Waals surface area contributed by atoms with Gasteiger partial charge in [-0.05, 0) is 18.2 Å². The highest BCUT2D eigenvalue weighted by molar-refractivity contribution is 5.74. The van der Waals surface area contributed by atoms with Gasteiger partial charge in [0.2, 0.25) is 0 Å². The third-order valence-electron chi connectivity index (χ3n) is 3.17. The Kier molecular flexibility index (Phi) is 3.99. The van der Waals surface area contributed by atoms with Crippen molar-refractivity contribution in [3.05, 3.63) is 36.3 Å². The fourth-order valence-corrected chi connectivity index (χ4v) is 2.20. The Balaban J connectivity index is 1.98. The van der Waals surface area contributed by atoms with Crippen LogP contribution in [0.15, 0.2) is 30.5 Å². The van der Waals surface area contributed by atoms with Crippen molar-refractivity contribution in [2.24, 2.45) is 0 Å². The summed E-state index contributed by atoms with van der Waals surface area (Å²) in [7, 11) is 0. The average molecular weight is 355 g/mol. The predicted molar refractivity (Wildman–Crippen MR) is 86.0 cm³/mol. The monoisotopic (exact) mass is 355 g/mol. The van der Waals surface area contributed by atoms with E-state index in [1.165, 1.54) is 28.9 Å². The van der Waals surface area contributed by atoms with Crippen molar-refractivity contribution in [1.82, 2.24) is 14.6 Å². The summed E-state index contributed by atoms with van der Waals surface area (Å²) in [5.74, 6) is -0.305. The van der Waals surface area contributed by atoms with E-state index in [1.54, 1.807) is 0 Å². The molecule has 0 radical (unpaired) electrons. The molecule has 7 nitrogen and oxygen atoms in total. The Hall–Kier alpha value is -3.24. The first-order valence-corrected chi connectivity index (χ1v) is 6.99. The highest BCUT2D eigenvalue weighted by atomic mass is 19.4. The van der Waals surface area contributed by atoms with Crippen LogP contribution >= 0.6 is 0 Å². The smallest absolute Gasteiger partial charge is 0.399 e. The van der Waals surface area contributed by atoms with Crippen LogP contribution in [0.25, 0.3) is 5.65 Å². The predicted octanol–water partition coefficient (Wildman–Crippen LogP) is 2.75. The van der Waals surface area contributed by atoms with E-state index >= 15 is 0 Å². The second-order valence-electron chi connectivity index (χ2n) is 5.23. The number of anilines is 5. The standard InChI is InChI=1S/C14H13F4N7/c15-7-1-8(19)3-9(2-7)23-12-4-10(22-6-14(16,17)18)13-21-5-11(20)25(13)24-12/h1-5,22H,6,19-20H2,(H,23,24). The van der Waals surface area contributed by atoms with Crippen molar-refractivity contribution in [2.75, 3.05) is 28.6 Å². The molecule has 6 N–H and O–H groups in total. The molecule has 0 unspecified atom stereocenters. The van der Waals surface area contributed by atoms with Gasteiger partial charge in [-0.25, -0.2) is 9.37 Å². The molecule has 3 rings (SSSR count). The summed E-state index contributed by atoms with van der Waals surface area (Å²) in [6.45, 7) is -1.26. The summed E-state index contributed by atoms with van der Waals surface area (Å²) in [6.07, 6.45) is -3.14. The SMILES string of the molecule is Nc1cc(F)cc(Nc2cc(NCC(F)(F)F)c3ncc(N)n3n2)c1. The van der Waals surface area contributed by atoms with Gasteiger partial charge in [0, 0.05) is 17.4 Å². The number of aromatic nitrogens is 3. The molecule has 2 heterocycles. The van der Waals surface area contributed by atoms with Crippen molar-refractivity contribution in [3.8, 4) is 0 Å². The van der Waals surface area contributed by atoms with Gasteiger partial charge in [0.25, 0.3) is 0 Å². The van der Waals surface area contributed by atoms with Crippen molar-refractivity contribution in [3.63, 3.8) is 0 Å². The number of nitrogens with one attached hydrogen (secondary N) is 2. The minimum Gasteiger partial charge on any atom is -0.399 e. The zero-order valence-corrected chi connectivity index (χ0v) is 12.6. The minimum absolute atomic E-state index is 0.0656. The summed E-state index contributed by atoms with van der Waals surface area (Å²) in [5, 5.41) is 9.15. The lowest BCUT2D eigenvalue weighted by atomic mass is 10.2. The van der Waals surface area contributed by atoms with Crippen molar-refractivity contribution < 1.29 is 17.6 Å². The third-order valence-corrected chi connectivity index (χ3v) is 3.17. The summed E-state index contributed by atoms with van der Waals surface area (Å²) < 4.78 is 52.0. The number of halogens is 4. The number of hydrogen-bond acceptors (Lipinski definition) is 6. The molecule has 0 saturated heterocycles. The Morgan fingerprint density at radius 2 is 1.88 bits per heavy atom. The molecule has 1 aromatic carbocycles. The molecule has 0 fully saturated rings. The van der Waals surface area contributed by atoms with Crippen LogP contribution in [-0.4, -0.2) is 27.3 Å². The van der Waals surface area contributed by atoms with Crippen LogP contribution in [0.4, 0.5) is 46.3 Å². The van der Waals surface area contributed by atoms with Crippen LogP contribution in [-0.2, 0) is 0 Å². The van der Waals surface area contributed by atoms with Crippen LogP contribution in [0, 0.1) is 5.82 Å². The Morgan fingerprint density at radius 3 is 2.56 bits per heavy atom. The van der Waals surface area contributed by atoms with E-state index in [0.717, 1.165) is 6.07 Å². The Bertz CT molecular complexity index is 899. The van der Waals surface area contributed by atoms with Crippen LogP contribution in [0.3, 0.4) is 0 Å². The lowest BCUT2D eigenvalue weighted by molar-refractivity contribution is -0.115. The molecule has 0 aliphatic heterocycles. The Morgan fingerprint density at radius 1 is 1.12 bits per heavy atom. The highest BCUT2D eigenvalue weighted by Gasteiger charge is 2.27. The molecule has 0 saturated carbocycles. The number of hydrogen-bond donors (Lipinski definition) is 4. The van der Waals surface area contributed by atoms with E-state index in [1.807, 2.05) is 0 Å². The van der Waals surface area contributed by atoms with Gasteiger partial charge in [0.15, 0.2) is 11.5 Å². The van der Waals surface area contributed by atoms with Gasteiger partial charge in [0.1, 0.15) is 18.2 Å². The summed E-state index contributed by atoms with van der Waals surface area (Å²) in [4.78, 5) is 3.93. The molecule has 0 aliphatic carbocycles. The zero-order valence-electron chi connectivity index (χ0n) is 12.6.